The van der Waals surface area contributed by atoms with E-state index in [-0.39, 0.29) is 12.4 Å². The number of piperidine rings is 1. The number of nitrogens with zero attached hydrogens (tertiary/aromatic N) is 1. The first-order chi connectivity index (χ1) is 8.18. The molecule has 3 nitrogen and oxygen atoms in total. The van der Waals surface area contributed by atoms with Crippen LogP contribution < -0.4 is 5.32 Å². The molecule has 0 aromatic carbocycles. The predicted octanol–water partition coefficient (Wildman–Crippen LogP) is 2.44. The highest BCUT2D eigenvalue weighted by atomic mass is 35.5. The lowest BCUT2D eigenvalue weighted by Crippen LogP contribution is -2.49. The summed E-state index contributed by atoms with van der Waals surface area (Å²) in [5.74, 6) is 1.75. The van der Waals surface area contributed by atoms with Crippen molar-refractivity contribution >= 4 is 18.3 Å². The van der Waals surface area contributed by atoms with Gasteiger partial charge in [-0.3, -0.25) is 4.79 Å². The van der Waals surface area contributed by atoms with Crippen LogP contribution in [0.25, 0.3) is 0 Å². The van der Waals surface area contributed by atoms with Gasteiger partial charge in [0, 0.05) is 12.6 Å². The minimum absolute atomic E-state index is 0. The van der Waals surface area contributed by atoms with E-state index in [0.717, 1.165) is 19.0 Å². The first-order valence-corrected chi connectivity index (χ1v) is 7.18. The van der Waals surface area contributed by atoms with Gasteiger partial charge in [0.2, 0.25) is 5.91 Å². The minimum atomic E-state index is 0. The van der Waals surface area contributed by atoms with E-state index in [1.807, 2.05) is 0 Å². The number of carbonyl (C=O) groups excluding carboxylic acids is 1. The van der Waals surface area contributed by atoms with E-state index >= 15 is 0 Å². The molecule has 1 aliphatic heterocycles. The van der Waals surface area contributed by atoms with Crippen LogP contribution in [-0.2, 0) is 4.79 Å². The summed E-state index contributed by atoms with van der Waals surface area (Å²) < 4.78 is 0. The van der Waals surface area contributed by atoms with Crippen molar-refractivity contribution in [3.8, 4) is 0 Å². The average molecular weight is 275 g/mol. The summed E-state index contributed by atoms with van der Waals surface area (Å²) in [6.45, 7) is 7.00. The Bertz CT molecular complexity index is 267. The van der Waals surface area contributed by atoms with Crippen LogP contribution in [0.3, 0.4) is 0 Å². The van der Waals surface area contributed by atoms with Gasteiger partial charge >= 0.3 is 0 Å². The molecule has 0 radical (unpaired) electrons. The second-order valence-corrected chi connectivity index (χ2v) is 5.97. The first-order valence-electron chi connectivity index (χ1n) is 7.18. The number of hydrogen-bond acceptors (Lipinski definition) is 2. The average Bonchev–Trinajstić information content (AvgIpc) is 3.13. The van der Waals surface area contributed by atoms with Gasteiger partial charge in [0.05, 0.1) is 6.54 Å². The highest BCUT2D eigenvalue weighted by Gasteiger charge is 2.28. The third-order valence-electron chi connectivity index (χ3n) is 4.05. The van der Waals surface area contributed by atoms with Gasteiger partial charge in [-0.25, -0.2) is 0 Å². The molecule has 1 amide bonds. The van der Waals surface area contributed by atoms with Crippen molar-refractivity contribution in [1.82, 2.24) is 10.2 Å². The van der Waals surface area contributed by atoms with Crippen molar-refractivity contribution in [3.63, 3.8) is 0 Å². The first kappa shape index (κ1) is 15.8. The van der Waals surface area contributed by atoms with Crippen LogP contribution in [0.15, 0.2) is 0 Å². The van der Waals surface area contributed by atoms with Gasteiger partial charge in [-0.05, 0) is 50.5 Å². The van der Waals surface area contributed by atoms with Crippen LogP contribution in [0.1, 0.15) is 46.0 Å². The molecule has 1 atom stereocenters. The fraction of sp³-hybridized carbons (Fsp3) is 0.929. The zero-order chi connectivity index (χ0) is 12.3. The zero-order valence-electron chi connectivity index (χ0n) is 11.7. The summed E-state index contributed by atoms with van der Waals surface area (Å²) in [7, 11) is 0. The van der Waals surface area contributed by atoms with Crippen LogP contribution in [0.5, 0.6) is 0 Å². The molecule has 1 aliphatic carbocycles. The molecule has 0 aromatic rings. The maximum atomic E-state index is 12.2. The summed E-state index contributed by atoms with van der Waals surface area (Å²) >= 11 is 0. The molecule has 18 heavy (non-hydrogen) atoms. The fourth-order valence-electron chi connectivity index (χ4n) is 2.77. The summed E-state index contributed by atoms with van der Waals surface area (Å²) in [5.41, 5.74) is 0. The number of hydrogen-bond donors (Lipinski definition) is 1. The van der Waals surface area contributed by atoms with E-state index in [2.05, 4.69) is 24.1 Å². The summed E-state index contributed by atoms with van der Waals surface area (Å²) in [6, 6.07) is 0.471. The molecule has 1 saturated heterocycles. The Labute approximate surface area is 117 Å². The van der Waals surface area contributed by atoms with Crippen molar-refractivity contribution < 1.29 is 4.79 Å². The third-order valence-corrected chi connectivity index (χ3v) is 4.05. The number of amides is 1. The number of halogens is 1. The lowest BCUT2D eigenvalue weighted by Gasteiger charge is -2.38. The van der Waals surface area contributed by atoms with Crippen molar-refractivity contribution in [1.29, 1.82) is 0 Å². The Hall–Kier alpha value is -0.280. The topological polar surface area (TPSA) is 32.3 Å². The Morgan fingerprint density at radius 3 is 2.61 bits per heavy atom. The smallest absolute Gasteiger partial charge is 0.236 e. The highest BCUT2D eigenvalue weighted by Crippen LogP contribution is 2.27. The molecule has 1 unspecified atom stereocenters. The van der Waals surface area contributed by atoms with Gasteiger partial charge in [0.15, 0.2) is 0 Å². The third kappa shape index (κ3) is 4.43. The number of likely N-dealkylation sites (tertiary alicyclic amines) is 1. The van der Waals surface area contributed by atoms with Gasteiger partial charge in [0.1, 0.15) is 0 Å². The molecule has 0 bridgehead atoms. The zero-order valence-corrected chi connectivity index (χ0v) is 12.5. The normalized spacial score (nSPS) is 23.9. The molecule has 2 fully saturated rings. The Balaban J connectivity index is 0.00000162. The predicted molar refractivity (Wildman–Crippen MR) is 77.0 cm³/mol. The Morgan fingerprint density at radius 1 is 1.28 bits per heavy atom. The molecule has 2 rings (SSSR count). The summed E-state index contributed by atoms with van der Waals surface area (Å²) in [5, 5.41) is 3.31. The van der Waals surface area contributed by atoms with Gasteiger partial charge in [-0.15, -0.1) is 12.4 Å². The minimum Gasteiger partial charge on any atom is -0.338 e. The molecule has 2 aliphatic rings. The van der Waals surface area contributed by atoms with E-state index in [9.17, 15) is 4.79 Å². The van der Waals surface area contributed by atoms with Crippen molar-refractivity contribution in [2.75, 3.05) is 19.6 Å². The fourth-order valence-corrected chi connectivity index (χ4v) is 2.77. The molecule has 1 heterocycles. The van der Waals surface area contributed by atoms with Crippen molar-refractivity contribution in [2.45, 2.75) is 52.0 Å². The van der Waals surface area contributed by atoms with Crippen LogP contribution in [0.4, 0.5) is 0 Å². The monoisotopic (exact) mass is 274 g/mol. The molecular weight excluding hydrogens is 248 g/mol. The maximum Gasteiger partial charge on any atom is 0.236 e. The van der Waals surface area contributed by atoms with E-state index in [1.165, 1.54) is 32.1 Å². The molecule has 0 spiro atoms. The highest BCUT2D eigenvalue weighted by molar-refractivity contribution is 5.85. The van der Waals surface area contributed by atoms with Gasteiger partial charge in [0.25, 0.3) is 0 Å². The van der Waals surface area contributed by atoms with Crippen LogP contribution in [0.2, 0.25) is 0 Å². The molecule has 4 heteroatoms. The van der Waals surface area contributed by atoms with Crippen LogP contribution in [-0.4, -0.2) is 36.5 Å². The summed E-state index contributed by atoms with van der Waals surface area (Å²) in [4.78, 5) is 14.3. The van der Waals surface area contributed by atoms with E-state index in [1.54, 1.807) is 0 Å². The number of carbonyl (C=O) groups is 1. The maximum absolute atomic E-state index is 12.2. The second-order valence-electron chi connectivity index (χ2n) is 5.97. The van der Waals surface area contributed by atoms with Crippen molar-refractivity contribution in [3.05, 3.63) is 0 Å². The number of nitrogens with one attached hydrogen (secondary N) is 1. The van der Waals surface area contributed by atoms with Crippen LogP contribution in [0, 0.1) is 11.8 Å². The van der Waals surface area contributed by atoms with Crippen LogP contribution >= 0.6 is 12.4 Å². The van der Waals surface area contributed by atoms with Gasteiger partial charge in [-0.1, -0.05) is 13.8 Å². The Morgan fingerprint density at radius 2 is 2.00 bits per heavy atom. The standard InChI is InChI=1S/C14H26N2O.ClH/c1-11(2)13-5-3-4-8-16(13)14(17)10-15-9-12-6-7-12;/h11-13,15H,3-10H2,1-2H3;1H. The number of rotatable bonds is 5. The molecule has 0 aromatic heterocycles. The SMILES string of the molecule is CC(C)C1CCCCN1C(=O)CNCC1CC1.Cl. The largest absolute Gasteiger partial charge is 0.338 e. The van der Waals surface area contributed by atoms with Crippen molar-refractivity contribution in [2.24, 2.45) is 11.8 Å². The van der Waals surface area contributed by atoms with E-state index in [4.69, 9.17) is 0 Å². The van der Waals surface area contributed by atoms with E-state index in [0.29, 0.717) is 24.4 Å². The molecule has 1 N–H and O–H groups in total. The van der Waals surface area contributed by atoms with Gasteiger partial charge < -0.3 is 10.2 Å². The van der Waals surface area contributed by atoms with Gasteiger partial charge in [-0.2, -0.15) is 0 Å². The lowest BCUT2D eigenvalue weighted by molar-refractivity contribution is -0.135. The quantitative estimate of drug-likeness (QED) is 0.835. The second kappa shape index (κ2) is 7.34. The Kier molecular flexibility index (Phi) is 6.44. The molecular formula is C14H27ClN2O. The lowest BCUT2D eigenvalue weighted by atomic mass is 9.93. The summed E-state index contributed by atoms with van der Waals surface area (Å²) in [6.07, 6.45) is 6.34. The molecule has 106 valence electrons. The van der Waals surface area contributed by atoms with E-state index < -0.39 is 0 Å². The molecule has 1 saturated carbocycles.